The van der Waals surface area contributed by atoms with Gasteiger partial charge in [0.1, 0.15) is 5.75 Å². The molecule has 2 N–H and O–H groups in total. The molecular formula is C19H32N4O. The number of ether oxygens (including phenoxy) is 1. The van der Waals surface area contributed by atoms with Gasteiger partial charge in [-0.15, -0.1) is 0 Å². The van der Waals surface area contributed by atoms with Gasteiger partial charge in [-0.3, -0.25) is 4.99 Å². The summed E-state index contributed by atoms with van der Waals surface area (Å²) in [5.41, 5.74) is 1.22. The maximum absolute atomic E-state index is 5.41. The van der Waals surface area contributed by atoms with Gasteiger partial charge in [0.15, 0.2) is 5.96 Å². The van der Waals surface area contributed by atoms with E-state index in [9.17, 15) is 0 Å². The van der Waals surface area contributed by atoms with Gasteiger partial charge in [-0.2, -0.15) is 0 Å². The van der Waals surface area contributed by atoms with Crippen LogP contribution in [0.15, 0.2) is 29.3 Å². The first-order chi connectivity index (χ1) is 11.7. The second-order valence-electron chi connectivity index (χ2n) is 6.58. The predicted molar refractivity (Wildman–Crippen MR) is 101 cm³/mol. The molecule has 1 aromatic rings. The fourth-order valence-corrected chi connectivity index (χ4v) is 2.97. The van der Waals surface area contributed by atoms with E-state index in [0.717, 1.165) is 43.7 Å². The Morgan fingerprint density at radius 2 is 2.04 bits per heavy atom. The molecule has 1 aliphatic rings. The molecule has 1 unspecified atom stereocenters. The lowest BCUT2D eigenvalue weighted by Gasteiger charge is -2.23. The molecule has 1 fully saturated rings. The fourth-order valence-electron chi connectivity index (χ4n) is 2.97. The van der Waals surface area contributed by atoms with Gasteiger partial charge in [0.05, 0.1) is 13.7 Å². The smallest absolute Gasteiger partial charge is 0.191 e. The number of benzene rings is 1. The predicted octanol–water partition coefficient (Wildman–Crippen LogP) is 2.13. The molecule has 1 saturated carbocycles. The van der Waals surface area contributed by atoms with Crippen molar-refractivity contribution in [2.24, 2.45) is 10.9 Å². The zero-order valence-electron chi connectivity index (χ0n) is 15.5. The van der Waals surface area contributed by atoms with Gasteiger partial charge in [0, 0.05) is 19.1 Å². The van der Waals surface area contributed by atoms with Crippen LogP contribution in [-0.2, 0) is 6.42 Å². The van der Waals surface area contributed by atoms with Crippen LogP contribution in [0.5, 0.6) is 5.75 Å². The Labute approximate surface area is 146 Å². The first-order valence-electron chi connectivity index (χ1n) is 8.96. The molecule has 0 aromatic heterocycles. The Bertz CT molecular complexity index is 524. The number of hydrogen-bond acceptors (Lipinski definition) is 3. The van der Waals surface area contributed by atoms with Crippen LogP contribution in [0, 0.1) is 5.92 Å². The summed E-state index contributed by atoms with van der Waals surface area (Å²) >= 11 is 0. The van der Waals surface area contributed by atoms with Gasteiger partial charge in [-0.05, 0) is 57.8 Å². The number of aliphatic imine (C=N–C) groups is 1. The highest BCUT2D eigenvalue weighted by atomic mass is 16.5. The molecule has 0 heterocycles. The maximum Gasteiger partial charge on any atom is 0.191 e. The Kier molecular flexibility index (Phi) is 7.37. The lowest BCUT2D eigenvalue weighted by atomic mass is 10.1. The van der Waals surface area contributed by atoms with Crippen molar-refractivity contribution in [1.29, 1.82) is 0 Å². The van der Waals surface area contributed by atoms with Gasteiger partial charge in [-0.25, -0.2) is 0 Å². The summed E-state index contributed by atoms with van der Waals surface area (Å²) in [4.78, 5) is 7.10. The van der Waals surface area contributed by atoms with Gasteiger partial charge in [-0.1, -0.05) is 18.2 Å². The lowest BCUT2D eigenvalue weighted by molar-refractivity contribution is 0.271. The minimum Gasteiger partial charge on any atom is -0.496 e. The summed E-state index contributed by atoms with van der Waals surface area (Å²) in [6.45, 7) is 4.65. The number of methoxy groups -OCH3 is 1. The summed E-state index contributed by atoms with van der Waals surface area (Å²) in [6, 6.07) is 8.72. The van der Waals surface area contributed by atoms with Crippen LogP contribution in [0.25, 0.3) is 0 Å². The SMILES string of the molecule is CCNC(=NCC(C1CC1)N(C)C)NCCc1ccccc1OC. The van der Waals surface area contributed by atoms with Crippen LogP contribution in [0.4, 0.5) is 0 Å². The van der Waals surface area contributed by atoms with E-state index in [0.29, 0.717) is 6.04 Å². The second-order valence-corrected chi connectivity index (χ2v) is 6.58. The van der Waals surface area contributed by atoms with Crippen LogP contribution in [-0.4, -0.2) is 57.7 Å². The van der Waals surface area contributed by atoms with Crippen LogP contribution in [0.1, 0.15) is 25.3 Å². The second kappa shape index (κ2) is 9.52. The molecule has 0 spiro atoms. The minimum absolute atomic E-state index is 0.551. The molecule has 5 nitrogen and oxygen atoms in total. The average molecular weight is 332 g/mol. The van der Waals surface area contributed by atoms with Crippen molar-refractivity contribution in [2.45, 2.75) is 32.2 Å². The number of nitrogens with zero attached hydrogens (tertiary/aromatic N) is 2. The molecule has 0 aliphatic heterocycles. The molecular weight excluding hydrogens is 300 g/mol. The Balaban J connectivity index is 1.87. The summed E-state index contributed by atoms with van der Waals surface area (Å²) in [6.07, 6.45) is 3.60. The standard InChI is InChI=1S/C19H32N4O/c1-5-20-19(22-14-17(23(2)3)15-10-11-15)21-13-12-16-8-6-7-9-18(16)24-4/h6-9,15,17H,5,10-14H2,1-4H3,(H2,20,21,22). The normalized spacial score (nSPS) is 16.1. The maximum atomic E-state index is 5.41. The van der Waals surface area contributed by atoms with Crippen molar-refractivity contribution in [3.8, 4) is 5.75 Å². The molecule has 5 heteroatoms. The molecule has 1 aliphatic carbocycles. The molecule has 0 amide bonds. The van der Waals surface area contributed by atoms with Crippen molar-refractivity contribution < 1.29 is 4.74 Å². The molecule has 2 rings (SSSR count). The Hall–Kier alpha value is -1.75. The van der Waals surface area contributed by atoms with E-state index < -0.39 is 0 Å². The summed E-state index contributed by atoms with van der Waals surface area (Å²) in [7, 11) is 6.03. The third-order valence-electron chi connectivity index (χ3n) is 4.49. The van der Waals surface area contributed by atoms with E-state index in [1.165, 1.54) is 18.4 Å². The monoisotopic (exact) mass is 332 g/mol. The van der Waals surface area contributed by atoms with E-state index in [2.05, 4.69) is 48.7 Å². The van der Waals surface area contributed by atoms with Crippen molar-refractivity contribution in [3.63, 3.8) is 0 Å². The number of guanidine groups is 1. The fraction of sp³-hybridized carbons (Fsp3) is 0.632. The molecule has 134 valence electrons. The van der Waals surface area contributed by atoms with E-state index in [1.807, 2.05) is 12.1 Å². The number of rotatable bonds is 9. The Morgan fingerprint density at radius 3 is 2.67 bits per heavy atom. The van der Waals surface area contributed by atoms with E-state index in [4.69, 9.17) is 9.73 Å². The number of nitrogens with one attached hydrogen (secondary N) is 2. The van der Waals surface area contributed by atoms with Crippen LogP contribution in [0.2, 0.25) is 0 Å². The van der Waals surface area contributed by atoms with Crippen molar-refractivity contribution in [2.75, 3.05) is 40.8 Å². The number of para-hydroxylation sites is 1. The molecule has 0 saturated heterocycles. The zero-order valence-corrected chi connectivity index (χ0v) is 15.5. The highest BCUT2D eigenvalue weighted by Crippen LogP contribution is 2.34. The molecule has 24 heavy (non-hydrogen) atoms. The molecule has 1 aromatic carbocycles. The highest BCUT2D eigenvalue weighted by Gasteiger charge is 2.32. The third-order valence-corrected chi connectivity index (χ3v) is 4.49. The minimum atomic E-state index is 0.551. The van der Waals surface area contributed by atoms with Gasteiger partial charge < -0.3 is 20.3 Å². The van der Waals surface area contributed by atoms with Crippen LogP contribution in [0.3, 0.4) is 0 Å². The quantitative estimate of drug-likeness (QED) is 0.537. The summed E-state index contributed by atoms with van der Waals surface area (Å²) in [5.74, 6) is 2.67. The highest BCUT2D eigenvalue weighted by molar-refractivity contribution is 5.79. The van der Waals surface area contributed by atoms with Crippen LogP contribution < -0.4 is 15.4 Å². The van der Waals surface area contributed by atoms with E-state index in [1.54, 1.807) is 7.11 Å². The van der Waals surface area contributed by atoms with Crippen molar-refractivity contribution in [3.05, 3.63) is 29.8 Å². The zero-order chi connectivity index (χ0) is 17.4. The van der Waals surface area contributed by atoms with Crippen LogP contribution >= 0.6 is 0 Å². The van der Waals surface area contributed by atoms with Crippen molar-refractivity contribution in [1.82, 2.24) is 15.5 Å². The first-order valence-corrected chi connectivity index (χ1v) is 8.96. The van der Waals surface area contributed by atoms with Crippen molar-refractivity contribution >= 4 is 5.96 Å². The van der Waals surface area contributed by atoms with E-state index in [-0.39, 0.29) is 0 Å². The van der Waals surface area contributed by atoms with E-state index >= 15 is 0 Å². The largest absolute Gasteiger partial charge is 0.496 e. The van der Waals surface area contributed by atoms with Gasteiger partial charge >= 0.3 is 0 Å². The lowest BCUT2D eigenvalue weighted by Crippen LogP contribution is -2.40. The molecule has 0 radical (unpaired) electrons. The molecule has 0 bridgehead atoms. The van der Waals surface area contributed by atoms with Gasteiger partial charge in [0.2, 0.25) is 0 Å². The molecule has 1 atom stereocenters. The third kappa shape index (κ3) is 5.71. The summed E-state index contributed by atoms with van der Waals surface area (Å²) in [5, 5.41) is 6.78. The Morgan fingerprint density at radius 1 is 1.29 bits per heavy atom. The number of likely N-dealkylation sites (N-methyl/N-ethyl adjacent to an activating group) is 1. The summed E-state index contributed by atoms with van der Waals surface area (Å²) < 4.78 is 5.41. The number of hydrogen-bond donors (Lipinski definition) is 2. The first kappa shape index (κ1) is 18.6. The van der Waals surface area contributed by atoms with Gasteiger partial charge in [0.25, 0.3) is 0 Å². The average Bonchev–Trinajstić information content (AvgIpc) is 3.40. The topological polar surface area (TPSA) is 48.9 Å².